The first kappa shape index (κ1) is 19.5. The Balaban J connectivity index is 2.34. The highest BCUT2D eigenvalue weighted by atomic mass is 35.5. The number of hydrogen-bond donors (Lipinski definition) is 0. The molecule has 0 unspecified atom stereocenters. The normalized spacial score (nSPS) is 11.1. The van der Waals surface area contributed by atoms with E-state index in [-0.39, 0.29) is 11.9 Å². The number of halogens is 1. The van der Waals surface area contributed by atoms with Crippen molar-refractivity contribution in [2.24, 2.45) is 0 Å². The van der Waals surface area contributed by atoms with Crippen LogP contribution in [0.1, 0.15) is 42.7 Å². The van der Waals surface area contributed by atoms with Gasteiger partial charge in [0.25, 0.3) is 5.91 Å². The van der Waals surface area contributed by atoms with Gasteiger partial charge < -0.3 is 9.64 Å². The van der Waals surface area contributed by atoms with E-state index in [0.717, 1.165) is 24.2 Å². The van der Waals surface area contributed by atoms with Crippen LogP contribution in [0.5, 0.6) is 0 Å². The molecule has 2 rings (SSSR count). The minimum atomic E-state index is -0.00321. The third-order valence-corrected chi connectivity index (χ3v) is 4.71. The van der Waals surface area contributed by atoms with E-state index in [0.29, 0.717) is 23.7 Å². The Bertz CT molecular complexity index is 710. The van der Waals surface area contributed by atoms with Crippen molar-refractivity contribution in [2.75, 3.05) is 20.3 Å². The summed E-state index contributed by atoms with van der Waals surface area (Å²) in [5.74, 6) is -0.00321. The Labute approximate surface area is 154 Å². The summed E-state index contributed by atoms with van der Waals surface area (Å²) in [5.41, 5.74) is 2.26. The second-order valence-corrected chi connectivity index (χ2v) is 6.43. The molecule has 0 N–H and O–H groups in total. The van der Waals surface area contributed by atoms with Crippen molar-refractivity contribution in [2.45, 2.75) is 39.7 Å². The minimum Gasteiger partial charge on any atom is -0.383 e. The molecule has 0 fully saturated rings. The molecule has 0 saturated heterocycles. The van der Waals surface area contributed by atoms with Crippen molar-refractivity contribution >= 4 is 17.5 Å². The summed E-state index contributed by atoms with van der Waals surface area (Å²) in [7, 11) is 1.65. The zero-order valence-corrected chi connectivity index (χ0v) is 16.1. The molecule has 0 bridgehead atoms. The molecule has 2 aromatic rings. The van der Waals surface area contributed by atoms with Crippen molar-refractivity contribution in [1.82, 2.24) is 14.7 Å². The highest BCUT2D eigenvalue weighted by Crippen LogP contribution is 2.20. The van der Waals surface area contributed by atoms with Crippen molar-refractivity contribution in [3.63, 3.8) is 0 Å². The van der Waals surface area contributed by atoms with E-state index in [9.17, 15) is 4.79 Å². The average molecular weight is 364 g/mol. The summed E-state index contributed by atoms with van der Waals surface area (Å²) >= 11 is 6.07. The molecular weight excluding hydrogens is 338 g/mol. The fraction of sp³-hybridized carbons (Fsp3) is 0.474. The molecule has 0 aliphatic heterocycles. The number of nitrogens with zero attached hydrogens (tertiary/aromatic N) is 3. The number of amides is 1. The summed E-state index contributed by atoms with van der Waals surface area (Å²) in [6.45, 7) is 7.20. The van der Waals surface area contributed by atoms with Gasteiger partial charge in [-0.3, -0.25) is 4.79 Å². The molecule has 0 atom stereocenters. The van der Waals surface area contributed by atoms with E-state index in [2.05, 4.69) is 18.9 Å². The average Bonchev–Trinajstić information content (AvgIpc) is 2.99. The molecule has 0 radical (unpaired) electrons. The van der Waals surface area contributed by atoms with Crippen LogP contribution >= 0.6 is 11.6 Å². The first-order chi connectivity index (χ1) is 12.0. The van der Waals surface area contributed by atoms with Crippen LogP contribution in [0.25, 0.3) is 5.69 Å². The predicted octanol–water partition coefficient (Wildman–Crippen LogP) is 4.11. The predicted molar refractivity (Wildman–Crippen MR) is 101 cm³/mol. The SMILES string of the molecule is CCC(CC)N(CCOC)C(=O)c1cnn(-c2cccc(Cl)c2)c1C. The molecule has 1 aromatic heterocycles. The van der Waals surface area contributed by atoms with Crippen LogP contribution in [0.4, 0.5) is 0 Å². The van der Waals surface area contributed by atoms with Crippen molar-refractivity contribution in [3.05, 3.63) is 46.7 Å². The van der Waals surface area contributed by atoms with Crippen LogP contribution in [0.3, 0.4) is 0 Å². The molecule has 0 saturated carbocycles. The number of carbonyl (C=O) groups excluding carboxylic acids is 1. The van der Waals surface area contributed by atoms with E-state index < -0.39 is 0 Å². The van der Waals surface area contributed by atoms with Gasteiger partial charge in [-0.2, -0.15) is 5.10 Å². The zero-order chi connectivity index (χ0) is 18.4. The maximum Gasteiger partial charge on any atom is 0.257 e. The van der Waals surface area contributed by atoms with Crippen LogP contribution in [0.2, 0.25) is 5.02 Å². The lowest BCUT2D eigenvalue weighted by atomic mass is 10.1. The van der Waals surface area contributed by atoms with Gasteiger partial charge in [0.15, 0.2) is 0 Å². The molecule has 5 nitrogen and oxygen atoms in total. The van der Waals surface area contributed by atoms with E-state index in [1.54, 1.807) is 18.0 Å². The lowest BCUT2D eigenvalue weighted by Gasteiger charge is -2.30. The number of hydrogen-bond acceptors (Lipinski definition) is 3. The molecule has 1 aromatic carbocycles. The number of rotatable bonds is 8. The van der Waals surface area contributed by atoms with E-state index >= 15 is 0 Å². The monoisotopic (exact) mass is 363 g/mol. The molecule has 1 amide bonds. The first-order valence-corrected chi connectivity index (χ1v) is 9.01. The number of carbonyl (C=O) groups is 1. The fourth-order valence-corrected chi connectivity index (χ4v) is 3.20. The van der Waals surface area contributed by atoms with Gasteiger partial charge in [-0.25, -0.2) is 4.68 Å². The highest BCUT2D eigenvalue weighted by molar-refractivity contribution is 6.30. The van der Waals surface area contributed by atoms with E-state index in [1.807, 2.05) is 36.1 Å². The van der Waals surface area contributed by atoms with E-state index in [4.69, 9.17) is 16.3 Å². The molecule has 25 heavy (non-hydrogen) atoms. The second-order valence-electron chi connectivity index (χ2n) is 6.00. The zero-order valence-electron chi connectivity index (χ0n) is 15.3. The summed E-state index contributed by atoms with van der Waals surface area (Å²) in [6, 6.07) is 7.63. The van der Waals surface area contributed by atoms with Crippen LogP contribution < -0.4 is 0 Å². The van der Waals surface area contributed by atoms with Crippen LogP contribution in [0.15, 0.2) is 30.5 Å². The van der Waals surface area contributed by atoms with Crippen molar-refractivity contribution in [1.29, 1.82) is 0 Å². The van der Waals surface area contributed by atoms with Crippen molar-refractivity contribution in [3.8, 4) is 5.69 Å². The third kappa shape index (κ3) is 4.41. The fourth-order valence-electron chi connectivity index (χ4n) is 3.01. The Hall–Kier alpha value is -1.85. The van der Waals surface area contributed by atoms with Gasteiger partial charge in [0.1, 0.15) is 0 Å². The van der Waals surface area contributed by atoms with Gasteiger partial charge in [0.05, 0.1) is 29.7 Å². The Morgan fingerprint density at radius 2 is 2.08 bits per heavy atom. The standard InChI is InChI=1S/C19H26ClN3O2/c1-5-16(6-2)22(10-11-25-4)19(24)18-13-21-23(14(18)3)17-9-7-8-15(20)12-17/h7-9,12-13,16H,5-6,10-11H2,1-4H3. The molecule has 6 heteroatoms. The van der Waals surface area contributed by atoms with Gasteiger partial charge in [-0.15, -0.1) is 0 Å². The lowest BCUT2D eigenvalue weighted by molar-refractivity contribution is 0.0588. The number of aromatic nitrogens is 2. The Morgan fingerprint density at radius 3 is 2.68 bits per heavy atom. The maximum atomic E-state index is 13.1. The Morgan fingerprint density at radius 1 is 1.36 bits per heavy atom. The lowest BCUT2D eigenvalue weighted by Crippen LogP contribution is -2.42. The summed E-state index contributed by atoms with van der Waals surface area (Å²) < 4.78 is 6.94. The van der Waals surface area contributed by atoms with Gasteiger partial charge in [0, 0.05) is 24.7 Å². The summed E-state index contributed by atoms with van der Waals surface area (Å²) in [5, 5.41) is 5.04. The summed E-state index contributed by atoms with van der Waals surface area (Å²) in [6.07, 6.45) is 3.46. The van der Waals surface area contributed by atoms with Crippen LogP contribution in [-0.2, 0) is 4.74 Å². The smallest absolute Gasteiger partial charge is 0.257 e. The largest absolute Gasteiger partial charge is 0.383 e. The molecule has 136 valence electrons. The van der Waals surface area contributed by atoms with Gasteiger partial charge >= 0.3 is 0 Å². The number of benzene rings is 1. The summed E-state index contributed by atoms with van der Waals surface area (Å²) in [4.78, 5) is 15.0. The first-order valence-electron chi connectivity index (χ1n) is 8.63. The van der Waals surface area contributed by atoms with Crippen LogP contribution in [-0.4, -0.2) is 46.9 Å². The number of methoxy groups -OCH3 is 1. The molecular formula is C19H26ClN3O2. The Kier molecular flexibility index (Phi) is 7.02. The third-order valence-electron chi connectivity index (χ3n) is 4.47. The number of ether oxygens (including phenoxy) is 1. The molecule has 1 heterocycles. The minimum absolute atomic E-state index is 0.00321. The molecule has 0 aliphatic carbocycles. The maximum absolute atomic E-state index is 13.1. The van der Waals surface area contributed by atoms with Crippen molar-refractivity contribution < 1.29 is 9.53 Å². The van der Waals surface area contributed by atoms with Crippen LogP contribution in [0, 0.1) is 6.92 Å². The van der Waals surface area contributed by atoms with Gasteiger partial charge in [0.2, 0.25) is 0 Å². The molecule has 0 aliphatic rings. The van der Waals surface area contributed by atoms with Gasteiger partial charge in [-0.1, -0.05) is 31.5 Å². The quantitative estimate of drug-likeness (QED) is 0.709. The highest BCUT2D eigenvalue weighted by Gasteiger charge is 2.25. The van der Waals surface area contributed by atoms with E-state index in [1.165, 1.54) is 0 Å². The van der Waals surface area contributed by atoms with Gasteiger partial charge in [-0.05, 0) is 38.0 Å². The topological polar surface area (TPSA) is 47.4 Å². The second kappa shape index (κ2) is 9.02. The molecule has 0 spiro atoms.